The van der Waals surface area contributed by atoms with Gasteiger partial charge in [-0.25, -0.2) is 4.98 Å². The fourth-order valence-corrected chi connectivity index (χ4v) is 3.69. The molecule has 1 saturated carbocycles. The molecule has 104 valence electrons. The standard InChI is InChI=1S/C15H17N3O2/c16-13(19)10-4-1-5-11-12(10)18-14(20-11)15-6-2-3-9(7-15)8-17-15/h1,4-5,9,17H,2-3,6-8H2,(H2,16,19). The predicted octanol–water partition coefficient (Wildman–Crippen LogP) is 1.92. The van der Waals surface area contributed by atoms with Crippen molar-refractivity contribution in [2.45, 2.75) is 31.2 Å². The molecule has 2 unspecified atom stereocenters. The van der Waals surface area contributed by atoms with Crippen LogP contribution in [-0.4, -0.2) is 17.4 Å². The lowest BCUT2D eigenvalue weighted by Gasteiger charge is -2.29. The fraction of sp³-hybridized carbons (Fsp3) is 0.467. The van der Waals surface area contributed by atoms with Gasteiger partial charge in [-0.05, 0) is 43.9 Å². The number of hydrogen-bond acceptors (Lipinski definition) is 4. The van der Waals surface area contributed by atoms with Crippen LogP contribution in [0.2, 0.25) is 0 Å². The maximum atomic E-state index is 11.5. The third-order valence-corrected chi connectivity index (χ3v) is 4.68. The SMILES string of the molecule is NC(=O)c1cccc2oc(C34CCCC(CN3)C4)nc12. The number of carbonyl (C=O) groups excluding carboxylic acids is 1. The molecule has 1 amide bonds. The van der Waals surface area contributed by atoms with E-state index in [-0.39, 0.29) is 5.54 Å². The summed E-state index contributed by atoms with van der Waals surface area (Å²) in [6.45, 7) is 1.03. The van der Waals surface area contributed by atoms with Crippen molar-refractivity contribution < 1.29 is 9.21 Å². The summed E-state index contributed by atoms with van der Waals surface area (Å²) in [4.78, 5) is 16.1. The minimum Gasteiger partial charge on any atom is -0.439 e. The van der Waals surface area contributed by atoms with Crippen molar-refractivity contribution in [1.82, 2.24) is 10.3 Å². The van der Waals surface area contributed by atoms with Gasteiger partial charge in [-0.3, -0.25) is 4.79 Å². The van der Waals surface area contributed by atoms with E-state index in [1.165, 1.54) is 12.8 Å². The fourth-order valence-electron chi connectivity index (χ4n) is 3.69. The van der Waals surface area contributed by atoms with Gasteiger partial charge in [0.2, 0.25) is 5.89 Å². The monoisotopic (exact) mass is 271 g/mol. The molecule has 0 radical (unpaired) electrons. The van der Waals surface area contributed by atoms with Crippen molar-refractivity contribution in [2.75, 3.05) is 6.54 Å². The molecule has 2 atom stereocenters. The van der Waals surface area contributed by atoms with E-state index in [1.54, 1.807) is 12.1 Å². The zero-order valence-corrected chi connectivity index (χ0v) is 11.2. The molecule has 2 heterocycles. The van der Waals surface area contributed by atoms with E-state index in [9.17, 15) is 4.79 Å². The third-order valence-electron chi connectivity index (χ3n) is 4.68. The van der Waals surface area contributed by atoms with Crippen LogP contribution >= 0.6 is 0 Å². The molecule has 3 N–H and O–H groups in total. The highest BCUT2D eigenvalue weighted by Crippen LogP contribution is 2.44. The van der Waals surface area contributed by atoms with Crippen LogP contribution in [0, 0.1) is 5.92 Å². The highest BCUT2D eigenvalue weighted by Gasteiger charge is 2.46. The topological polar surface area (TPSA) is 81.2 Å². The molecule has 2 aromatic rings. The van der Waals surface area contributed by atoms with Crippen LogP contribution in [0.4, 0.5) is 0 Å². The summed E-state index contributed by atoms with van der Waals surface area (Å²) < 4.78 is 5.94. The Morgan fingerprint density at radius 1 is 1.50 bits per heavy atom. The van der Waals surface area contributed by atoms with Gasteiger partial charge in [0, 0.05) is 0 Å². The summed E-state index contributed by atoms with van der Waals surface area (Å²) in [6, 6.07) is 5.31. The van der Waals surface area contributed by atoms with Gasteiger partial charge in [-0.2, -0.15) is 0 Å². The zero-order valence-electron chi connectivity index (χ0n) is 11.2. The second kappa shape index (κ2) is 4.06. The number of fused-ring (bicyclic) bond motifs is 3. The van der Waals surface area contributed by atoms with Gasteiger partial charge < -0.3 is 15.5 Å². The van der Waals surface area contributed by atoms with Gasteiger partial charge in [0.1, 0.15) is 5.52 Å². The Morgan fingerprint density at radius 2 is 2.40 bits per heavy atom. The van der Waals surface area contributed by atoms with Crippen molar-refractivity contribution in [2.24, 2.45) is 11.7 Å². The molecule has 2 aliphatic rings. The first-order chi connectivity index (χ1) is 9.68. The molecule has 5 nitrogen and oxygen atoms in total. The molecule has 5 heteroatoms. The van der Waals surface area contributed by atoms with Crippen molar-refractivity contribution in [1.29, 1.82) is 0 Å². The maximum absolute atomic E-state index is 11.5. The third kappa shape index (κ3) is 1.59. The number of primary amides is 1. The predicted molar refractivity (Wildman–Crippen MR) is 74.2 cm³/mol. The van der Waals surface area contributed by atoms with E-state index >= 15 is 0 Å². The van der Waals surface area contributed by atoms with E-state index in [2.05, 4.69) is 10.3 Å². The van der Waals surface area contributed by atoms with Gasteiger partial charge in [-0.15, -0.1) is 0 Å². The van der Waals surface area contributed by atoms with Crippen LogP contribution in [0.5, 0.6) is 0 Å². The highest BCUT2D eigenvalue weighted by molar-refractivity contribution is 6.03. The number of oxazole rings is 1. The number of amides is 1. The Labute approximate surface area is 116 Å². The van der Waals surface area contributed by atoms with E-state index in [0.717, 1.165) is 25.3 Å². The molecular formula is C15H17N3O2. The van der Waals surface area contributed by atoms with E-state index in [4.69, 9.17) is 10.2 Å². The van der Waals surface area contributed by atoms with Crippen LogP contribution in [0.15, 0.2) is 22.6 Å². The smallest absolute Gasteiger partial charge is 0.251 e. The summed E-state index contributed by atoms with van der Waals surface area (Å²) in [5.41, 5.74) is 6.92. The molecule has 1 aromatic heterocycles. The summed E-state index contributed by atoms with van der Waals surface area (Å²) >= 11 is 0. The summed E-state index contributed by atoms with van der Waals surface area (Å²) in [6.07, 6.45) is 4.59. The Morgan fingerprint density at radius 3 is 3.25 bits per heavy atom. The number of nitrogens with zero attached hydrogens (tertiary/aromatic N) is 1. The summed E-state index contributed by atoms with van der Waals surface area (Å²) in [5.74, 6) is 0.964. The quantitative estimate of drug-likeness (QED) is 0.874. The van der Waals surface area contributed by atoms with E-state index in [0.29, 0.717) is 22.6 Å². The first-order valence-electron chi connectivity index (χ1n) is 7.13. The average molecular weight is 271 g/mol. The Hall–Kier alpha value is -1.88. The number of aromatic nitrogens is 1. The minimum absolute atomic E-state index is 0.142. The van der Waals surface area contributed by atoms with Crippen LogP contribution in [0.1, 0.15) is 41.9 Å². The van der Waals surface area contributed by atoms with Crippen molar-refractivity contribution >= 4 is 17.0 Å². The lowest BCUT2D eigenvalue weighted by molar-refractivity contribution is 0.100. The molecule has 4 rings (SSSR count). The number of hydrogen-bond donors (Lipinski definition) is 2. The minimum atomic E-state index is -0.464. The number of rotatable bonds is 2. The Kier molecular flexibility index (Phi) is 2.41. The molecule has 1 aliphatic carbocycles. The largest absolute Gasteiger partial charge is 0.439 e. The molecule has 20 heavy (non-hydrogen) atoms. The Balaban J connectivity index is 1.85. The van der Waals surface area contributed by atoms with E-state index < -0.39 is 5.91 Å². The molecule has 1 aliphatic heterocycles. The second-order valence-corrected chi connectivity index (χ2v) is 5.96. The first kappa shape index (κ1) is 11.9. The van der Waals surface area contributed by atoms with E-state index in [1.807, 2.05) is 6.07 Å². The van der Waals surface area contributed by atoms with Crippen molar-refractivity contribution in [3.8, 4) is 0 Å². The van der Waals surface area contributed by atoms with Gasteiger partial charge in [0.05, 0.1) is 11.1 Å². The van der Waals surface area contributed by atoms with Gasteiger partial charge in [-0.1, -0.05) is 12.5 Å². The Bertz CT molecular complexity index is 689. The zero-order chi connectivity index (χ0) is 13.7. The van der Waals surface area contributed by atoms with Crippen molar-refractivity contribution in [3.05, 3.63) is 29.7 Å². The lowest BCUT2D eigenvalue weighted by atomic mass is 9.80. The summed E-state index contributed by atoms with van der Waals surface area (Å²) in [7, 11) is 0. The first-order valence-corrected chi connectivity index (χ1v) is 7.13. The highest BCUT2D eigenvalue weighted by atomic mass is 16.4. The van der Waals surface area contributed by atoms with Crippen LogP contribution in [0.3, 0.4) is 0 Å². The molecular weight excluding hydrogens is 254 g/mol. The number of nitrogens with one attached hydrogen (secondary N) is 1. The number of para-hydroxylation sites is 1. The molecule has 2 bridgehead atoms. The second-order valence-electron chi connectivity index (χ2n) is 5.96. The normalized spacial score (nSPS) is 28.9. The average Bonchev–Trinajstić information content (AvgIpc) is 3.00. The lowest BCUT2D eigenvalue weighted by Crippen LogP contribution is -2.37. The maximum Gasteiger partial charge on any atom is 0.251 e. The number of benzene rings is 1. The summed E-state index contributed by atoms with van der Waals surface area (Å²) in [5, 5.41) is 3.59. The van der Waals surface area contributed by atoms with Crippen LogP contribution in [0.25, 0.3) is 11.1 Å². The van der Waals surface area contributed by atoms with Crippen LogP contribution < -0.4 is 11.1 Å². The molecule has 1 saturated heterocycles. The van der Waals surface area contributed by atoms with Crippen LogP contribution in [-0.2, 0) is 5.54 Å². The number of carbonyl (C=O) groups is 1. The molecule has 0 spiro atoms. The van der Waals surface area contributed by atoms with Gasteiger partial charge >= 0.3 is 0 Å². The number of nitrogens with two attached hydrogens (primary N) is 1. The van der Waals surface area contributed by atoms with Crippen molar-refractivity contribution in [3.63, 3.8) is 0 Å². The molecule has 1 aromatic carbocycles. The molecule has 2 fully saturated rings. The van der Waals surface area contributed by atoms with Gasteiger partial charge in [0.15, 0.2) is 5.58 Å². The van der Waals surface area contributed by atoms with Gasteiger partial charge in [0.25, 0.3) is 5.91 Å².